The lowest BCUT2D eigenvalue weighted by molar-refractivity contribution is -0.129. The van der Waals surface area contributed by atoms with E-state index in [0.29, 0.717) is 41.6 Å². The van der Waals surface area contributed by atoms with E-state index >= 15 is 0 Å². The maximum Gasteiger partial charge on any atom is 0.158 e. The van der Waals surface area contributed by atoms with Crippen molar-refractivity contribution in [1.29, 1.82) is 0 Å². The number of carbonyl (C=O) groups excluding carboxylic acids is 1. The SMILES string of the molecule is CC(=O)[C@@H](Cc1cc(C)c(N)c(Cl)c1)OC[C@@H](C)C1CCCC(Nc2ccccc2N)CC1. The highest BCUT2D eigenvalue weighted by Crippen LogP contribution is 2.32. The summed E-state index contributed by atoms with van der Waals surface area (Å²) in [6, 6.07) is 12.2. The smallest absolute Gasteiger partial charge is 0.158 e. The van der Waals surface area contributed by atoms with Crippen molar-refractivity contribution in [2.75, 3.05) is 23.4 Å². The number of nitrogens with two attached hydrogens (primary N) is 2. The summed E-state index contributed by atoms with van der Waals surface area (Å²) >= 11 is 6.24. The molecule has 0 amide bonds. The molecule has 0 aliphatic heterocycles. The fourth-order valence-corrected chi connectivity index (χ4v) is 5.06. The zero-order valence-electron chi connectivity index (χ0n) is 20.1. The lowest BCUT2D eigenvalue weighted by Gasteiger charge is -2.25. The fourth-order valence-electron chi connectivity index (χ4n) is 4.77. The van der Waals surface area contributed by atoms with Crippen molar-refractivity contribution >= 4 is 34.4 Å². The molecule has 4 atom stereocenters. The van der Waals surface area contributed by atoms with Gasteiger partial charge in [-0.15, -0.1) is 0 Å². The first-order chi connectivity index (χ1) is 15.7. The van der Waals surface area contributed by atoms with Crippen LogP contribution >= 0.6 is 11.6 Å². The molecule has 1 fully saturated rings. The number of hydrogen-bond acceptors (Lipinski definition) is 5. The third-order valence-electron chi connectivity index (χ3n) is 6.97. The van der Waals surface area contributed by atoms with Gasteiger partial charge < -0.3 is 21.5 Å². The van der Waals surface area contributed by atoms with Gasteiger partial charge in [-0.05, 0) is 74.3 Å². The predicted octanol–water partition coefficient (Wildman–Crippen LogP) is 6.03. The van der Waals surface area contributed by atoms with Crippen LogP contribution in [-0.2, 0) is 16.0 Å². The topological polar surface area (TPSA) is 90.4 Å². The minimum atomic E-state index is -0.465. The van der Waals surface area contributed by atoms with E-state index in [1.165, 1.54) is 12.8 Å². The lowest BCUT2D eigenvalue weighted by Crippen LogP contribution is -2.28. The molecule has 0 spiro atoms. The van der Waals surface area contributed by atoms with Crippen LogP contribution in [0.1, 0.15) is 57.1 Å². The first-order valence-electron chi connectivity index (χ1n) is 12.0. The second-order valence-electron chi connectivity index (χ2n) is 9.62. The van der Waals surface area contributed by atoms with Crippen molar-refractivity contribution in [2.24, 2.45) is 11.8 Å². The van der Waals surface area contributed by atoms with E-state index in [0.717, 1.165) is 41.8 Å². The summed E-state index contributed by atoms with van der Waals surface area (Å²) in [6.45, 7) is 6.35. The minimum absolute atomic E-state index is 0.0402. The highest BCUT2D eigenvalue weighted by atomic mass is 35.5. The Kier molecular flexibility index (Phi) is 9.04. The molecule has 33 heavy (non-hydrogen) atoms. The standard InChI is InChI=1S/C27H38ClN3O2/c1-17-13-20(14-23(28)27(17)30)15-26(19(3)32)33-16-18(2)21-7-6-8-22(12-11-21)31-25-10-5-4-9-24(25)29/h4-5,9-10,13-14,18,21-22,26,31H,6-8,11-12,15-16,29-30H2,1-3H3/t18-,21?,22?,26-/m1/s1. The number of nitrogen functional groups attached to an aromatic ring is 2. The van der Waals surface area contributed by atoms with E-state index in [-0.39, 0.29) is 5.78 Å². The van der Waals surface area contributed by atoms with Gasteiger partial charge in [-0.3, -0.25) is 4.79 Å². The van der Waals surface area contributed by atoms with Crippen LogP contribution in [0.15, 0.2) is 36.4 Å². The molecule has 3 rings (SSSR count). The van der Waals surface area contributed by atoms with Gasteiger partial charge in [0, 0.05) is 12.5 Å². The summed E-state index contributed by atoms with van der Waals surface area (Å²) in [4.78, 5) is 12.3. The Labute approximate surface area is 203 Å². The van der Waals surface area contributed by atoms with Gasteiger partial charge in [0.2, 0.25) is 0 Å². The van der Waals surface area contributed by atoms with Gasteiger partial charge in [-0.25, -0.2) is 0 Å². The van der Waals surface area contributed by atoms with Gasteiger partial charge in [0.05, 0.1) is 28.7 Å². The molecule has 0 aromatic heterocycles. The van der Waals surface area contributed by atoms with Gasteiger partial charge in [0.15, 0.2) is 5.78 Å². The summed E-state index contributed by atoms with van der Waals surface area (Å²) in [6.07, 6.45) is 5.81. The quantitative estimate of drug-likeness (QED) is 0.307. The Morgan fingerprint density at radius 1 is 1.18 bits per heavy atom. The normalized spacial score (nSPS) is 20.6. The van der Waals surface area contributed by atoms with Crippen LogP contribution < -0.4 is 16.8 Å². The maximum atomic E-state index is 12.3. The molecule has 5 nitrogen and oxygen atoms in total. The molecular weight excluding hydrogens is 434 g/mol. The number of benzene rings is 2. The van der Waals surface area contributed by atoms with E-state index in [1.807, 2.05) is 43.3 Å². The summed E-state index contributed by atoms with van der Waals surface area (Å²) in [7, 11) is 0. The van der Waals surface area contributed by atoms with Gasteiger partial charge in [-0.1, -0.05) is 49.6 Å². The number of carbonyl (C=O) groups is 1. The largest absolute Gasteiger partial charge is 0.397 e. The molecule has 180 valence electrons. The Morgan fingerprint density at radius 3 is 2.64 bits per heavy atom. The molecule has 2 aromatic carbocycles. The number of anilines is 3. The van der Waals surface area contributed by atoms with Crippen molar-refractivity contribution in [3.05, 3.63) is 52.5 Å². The highest BCUT2D eigenvalue weighted by Gasteiger charge is 2.25. The molecule has 0 saturated heterocycles. The first kappa shape index (κ1) is 25.4. The predicted molar refractivity (Wildman–Crippen MR) is 139 cm³/mol. The zero-order valence-corrected chi connectivity index (χ0v) is 20.8. The third kappa shape index (κ3) is 7.12. The van der Waals surface area contributed by atoms with E-state index in [2.05, 4.69) is 12.2 Å². The molecule has 2 unspecified atom stereocenters. The number of aryl methyl sites for hydroxylation is 1. The van der Waals surface area contributed by atoms with Gasteiger partial charge >= 0.3 is 0 Å². The Balaban J connectivity index is 1.52. The average Bonchev–Trinajstić information content (AvgIpc) is 3.01. The monoisotopic (exact) mass is 471 g/mol. The van der Waals surface area contributed by atoms with Crippen molar-refractivity contribution in [3.63, 3.8) is 0 Å². The number of rotatable bonds is 9. The molecule has 6 heteroatoms. The second kappa shape index (κ2) is 11.8. The number of ketones is 1. The van der Waals surface area contributed by atoms with Crippen molar-refractivity contribution in [2.45, 2.75) is 71.4 Å². The summed E-state index contributed by atoms with van der Waals surface area (Å²) < 4.78 is 6.16. The van der Waals surface area contributed by atoms with Crippen LogP contribution in [0.25, 0.3) is 0 Å². The number of hydrogen-bond donors (Lipinski definition) is 3. The van der Waals surface area contributed by atoms with E-state index in [4.69, 9.17) is 27.8 Å². The maximum absolute atomic E-state index is 12.3. The molecule has 0 heterocycles. The Bertz CT molecular complexity index is 926. The van der Waals surface area contributed by atoms with Crippen molar-refractivity contribution < 1.29 is 9.53 Å². The summed E-state index contributed by atoms with van der Waals surface area (Å²) in [5.41, 5.74) is 16.4. The van der Waals surface area contributed by atoms with Gasteiger partial charge in [0.25, 0.3) is 0 Å². The van der Waals surface area contributed by atoms with Gasteiger partial charge in [0.1, 0.15) is 6.10 Å². The van der Waals surface area contributed by atoms with Crippen LogP contribution in [0.4, 0.5) is 17.1 Å². The van der Waals surface area contributed by atoms with Crippen LogP contribution in [-0.4, -0.2) is 24.5 Å². The lowest BCUT2D eigenvalue weighted by atomic mass is 9.88. The molecule has 0 bridgehead atoms. The Hall–Kier alpha value is -2.24. The summed E-state index contributed by atoms with van der Waals surface area (Å²) in [5, 5.41) is 4.16. The molecule has 2 aromatic rings. The Morgan fingerprint density at radius 2 is 1.94 bits per heavy atom. The van der Waals surface area contributed by atoms with Crippen LogP contribution in [0.5, 0.6) is 0 Å². The molecule has 1 saturated carbocycles. The van der Waals surface area contributed by atoms with Crippen molar-refractivity contribution in [1.82, 2.24) is 0 Å². The zero-order chi connectivity index (χ0) is 24.0. The second-order valence-corrected chi connectivity index (χ2v) is 10.0. The van der Waals surface area contributed by atoms with E-state index in [1.54, 1.807) is 6.92 Å². The van der Waals surface area contributed by atoms with Crippen LogP contribution in [0, 0.1) is 18.8 Å². The van der Waals surface area contributed by atoms with E-state index in [9.17, 15) is 4.79 Å². The number of para-hydroxylation sites is 2. The number of nitrogens with one attached hydrogen (secondary N) is 1. The first-order valence-corrected chi connectivity index (χ1v) is 12.4. The number of ether oxygens (including phenoxy) is 1. The molecular formula is C27H38ClN3O2. The minimum Gasteiger partial charge on any atom is -0.397 e. The molecule has 1 aliphatic rings. The molecule has 5 N–H and O–H groups in total. The van der Waals surface area contributed by atoms with E-state index < -0.39 is 6.10 Å². The van der Waals surface area contributed by atoms with Crippen LogP contribution in [0.2, 0.25) is 5.02 Å². The van der Waals surface area contributed by atoms with Crippen molar-refractivity contribution in [3.8, 4) is 0 Å². The molecule has 0 radical (unpaired) electrons. The fraction of sp³-hybridized carbons (Fsp3) is 0.519. The highest BCUT2D eigenvalue weighted by molar-refractivity contribution is 6.33. The number of Topliss-reactive ketones (excluding diaryl/α,β-unsaturated/α-hetero) is 1. The average molecular weight is 472 g/mol. The summed E-state index contributed by atoms with van der Waals surface area (Å²) in [5.74, 6) is 1.02. The van der Waals surface area contributed by atoms with Gasteiger partial charge in [-0.2, -0.15) is 0 Å². The van der Waals surface area contributed by atoms with Crippen LogP contribution in [0.3, 0.4) is 0 Å². The third-order valence-corrected chi connectivity index (χ3v) is 7.28. The number of halogens is 1. The molecule has 1 aliphatic carbocycles.